The third kappa shape index (κ3) is 4.61. The smallest absolute Gasteiger partial charge is 0.338 e. The van der Waals surface area contributed by atoms with Crippen molar-refractivity contribution in [2.45, 2.75) is 43.1 Å². The molecule has 1 aromatic carbocycles. The average molecular weight is 482 g/mol. The van der Waals surface area contributed by atoms with E-state index in [4.69, 9.17) is 18.9 Å². The highest BCUT2D eigenvalue weighted by atomic mass is 16.8. The Hall–Kier alpha value is -2.71. The Kier molecular flexibility index (Phi) is 7.09. The summed E-state index contributed by atoms with van der Waals surface area (Å²) in [7, 11) is 0. The van der Waals surface area contributed by atoms with Crippen molar-refractivity contribution in [2.24, 2.45) is 11.8 Å². The highest BCUT2D eigenvalue weighted by Gasteiger charge is 2.49. The number of rotatable bonds is 6. The summed E-state index contributed by atoms with van der Waals surface area (Å²) < 4.78 is 21.9. The Morgan fingerprint density at radius 1 is 1.00 bits per heavy atom. The molecule has 1 aromatic rings. The normalized spacial score (nSPS) is 37.0. The Morgan fingerprint density at radius 3 is 2.47 bits per heavy atom. The van der Waals surface area contributed by atoms with Crippen LogP contribution in [0.4, 0.5) is 0 Å². The molecule has 2 aliphatic heterocycles. The Balaban J connectivity index is 1.46. The second-order valence-corrected chi connectivity index (χ2v) is 8.28. The van der Waals surface area contributed by atoms with Gasteiger partial charge in [0.2, 0.25) is 6.29 Å². The average Bonchev–Trinajstić information content (AvgIpc) is 3.16. The lowest BCUT2D eigenvalue weighted by Crippen LogP contribution is -2.60. The molecule has 1 fully saturated rings. The van der Waals surface area contributed by atoms with E-state index in [2.05, 4.69) is 0 Å². The fourth-order valence-corrected chi connectivity index (χ4v) is 4.24. The van der Waals surface area contributed by atoms with Gasteiger partial charge in [0.15, 0.2) is 17.8 Å². The summed E-state index contributed by atoms with van der Waals surface area (Å²) in [6.45, 7) is -0.890. The third-order valence-corrected chi connectivity index (χ3v) is 6.13. The molecule has 0 radical (unpaired) electrons. The highest BCUT2D eigenvalue weighted by Crippen LogP contribution is 2.41. The van der Waals surface area contributed by atoms with Crippen molar-refractivity contribution in [2.75, 3.05) is 13.2 Å². The number of fused-ring (bicyclic) bond motifs is 1. The van der Waals surface area contributed by atoms with Gasteiger partial charge in [-0.3, -0.25) is 0 Å². The summed E-state index contributed by atoms with van der Waals surface area (Å²) in [5.74, 6) is -2.82. The van der Waals surface area contributed by atoms with Crippen molar-refractivity contribution in [1.82, 2.24) is 0 Å². The van der Waals surface area contributed by atoms with E-state index in [0.717, 1.165) is 12.1 Å². The number of aliphatic hydroxyl groups is 5. The maximum absolute atomic E-state index is 12.4. The summed E-state index contributed by atoms with van der Waals surface area (Å²) in [6, 6.07) is 3.47. The van der Waals surface area contributed by atoms with Crippen LogP contribution in [0.15, 0.2) is 42.2 Å². The van der Waals surface area contributed by atoms with Crippen molar-refractivity contribution in [1.29, 1.82) is 0 Å². The minimum atomic E-state index is -1.65. The van der Waals surface area contributed by atoms with Crippen molar-refractivity contribution in [3.8, 4) is 11.5 Å². The van der Waals surface area contributed by atoms with E-state index in [-0.39, 0.29) is 17.9 Å². The maximum Gasteiger partial charge on any atom is 0.338 e. The van der Waals surface area contributed by atoms with Gasteiger partial charge < -0.3 is 54.7 Å². The van der Waals surface area contributed by atoms with Crippen LogP contribution in [-0.4, -0.2) is 98.0 Å². The maximum atomic E-state index is 12.4. The number of hydrogen-bond acceptors (Lipinski definition) is 12. The number of phenolic OH excluding ortho intramolecular Hbond substituents is 2. The Labute approximate surface area is 193 Å². The number of carbonyl (C=O) groups is 1. The van der Waals surface area contributed by atoms with Gasteiger partial charge in [0.05, 0.1) is 30.5 Å². The molecule has 0 amide bonds. The van der Waals surface area contributed by atoms with Crippen LogP contribution in [0, 0.1) is 11.8 Å². The number of carbonyl (C=O) groups excluding carboxylic acids is 1. The molecule has 0 saturated carbocycles. The molecule has 0 unspecified atom stereocenters. The van der Waals surface area contributed by atoms with Crippen molar-refractivity contribution in [3.63, 3.8) is 0 Å². The first-order valence-corrected chi connectivity index (χ1v) is 10.6. The standard InChI is InChI=1S/C22H26O12/c23-7-15-17(27)18(28)19(29)22(33-15)34-21-16-10(6-13(25)11(16)3-4-31-21)8-32-20(30)9-1-2-12(24)14(26)5-9/h1-6,11,13,15-19,21-29H,7-8H2/t11-,13+,15+,16+,17+,18-,19+,21-,22-/m0/s1. The zero-order chi connectivity index (χ0) is 24.6. The Morgan fingerprint density at radius 2 is 1.76 bits per heavy atom. The van der Waals surface area contributed by atoms with Crippen molar-refractivity contribution in [3.05, 3.63) is 47.7 Å². The van der Waals surface area contributed by atoms with E-state index in [1.54, 1.807) is 6.08 Å². The van der Waals surface area contributed by atoms with Gasteiger partial charge in [-0.1, -0.05) is 6.08 Å². The molecule has 4 rings (SSSR count). The lowest BCUT2D eigenvalue weighted by molar-refractivity contribution is -0.339. The number of hydrogen-bond donors (Lipinski definition) is 7. The van der Waals surface area contributed by atoms with Crippen LogP contribution in [0.2, 0.25) is 0 Å². The largest absolute Gasteiger partial charge is 0.504 e. The fraction of sp³-hybridized carbons (Fsp3) is 0.500. The van der Waals surface area contributed by atoms with Gasteiger partial charge in [-0.25, -0.2) is 4.79 Å². The fourth-order valence-electron chi connectivity index (χ4n) is 4.24. The van der Waals surface area contributed by atoms with E-state index in [1.807, 2.05) is 0 Å². The minimum Gasteiger partial charge on any atom is -0.504 e. The lowest BCUT2D eigenvalue weighted by Gasteiger charge is -2.42. The zero-order valence-electron chi connectivity index (χ0n) is 17.7. The van der Waals surface area contributed by atoms with Gasteiger partial charge in [-0.2, -0.15) is 0 Å². The molecule has 186 valence electrons. The van der Waals surface area contributed by atoms with E-state index in [9.17, 15) is 40.5 Å². The summed E-state index contributed by atoms with van der Waals surface area (Å²) in [5.41, 5.74) is 0.452. The molecule has 7 N–H and O–H groups in total. The van der Waals surface area contributed by atoms with Gasteiger partial charge in [0, 0.05) is 5.92 Å². The van der Waals surface area contributed by atoms with Gasteiger partial charge in [-0.15, -0.1) is 0 Å². The van der Waals surface area contributed by atoms with Crippen LogP contribution in [0.1, 0.15) is 10.4 Å². The van der Waals surface area contributed by atoms with Crippen LogP contribution in [0.5, 0.6) is 11.5 Å². The van der Waals surface area contributed by atoms with Gasteiger partial charge in [0.1, 0.15) is 31.0 Å². The van der Waals surface area contributed by atoms with E-state index in [0.29, 0.717) is 5.57 Å². The molecule has 12 heteroatoms. The SMILES string of the molecule is O=C(OCC1=C[C@@H](O)[C@@H]2C=CO[C@@H](O[C@@H]3O[C@H](CO)[C@@H](O)[C@H](O)[C@H]3O)[C@H]12)c1ccc(O)c(O)c1. The molecule has 3 aliphatic rings. The van der Waals surface area contributed by atoms with Gasteiger partial charge in [0.25, 0.3) is 0 Å². The molecule has 34 heavy (non-hydrogen) atoms. The zero-order valence-corrected chi connectivity index (χ0v) is 17.7. The van der Waals surface area contributed by atoms with E-state index < -0.39 is 73.3 Å². The first kappa shape index (κ1) is 24.4. The number of aliphatic hydroxyl groups excluding tert-OH is 5. The van der Waals surface area contributed by atoms with Crippen molar-refractivity contribution >= 4 is 5.97 Å². The van der Waals surface area contributed by atoms with Crippen LogP contribution >= 0.6 is 0 Å². The molecule has 0 spiro atoms. The predicted octanol–water partition coefficient (Wildman–Crippen LogP) is -1.53. The molecule has 12 nitrogen and oxygen atoms in total. The van der Waals surface area contributed by atoms with Crippen LogP contribution in [0.3, 0.4) is 0 Å². The third-order valence-electron chi connectivity index (χ3n) is 6.13. The molecule has 0 bridgehead atoms. The summed E-state index contributed by atoms with van der Waals surface area (Å²) in [4.78, 5) is 12.4. The quantitative estimate of drug-likeness (QED) is 0.141. The second kappa shape index (κ2) is 9.88. The first-order chi connectivity index (χ1) is 16.2. The summed E-state index contributed by atoms with van der Waals surface area (Å²) >= 11 is 0. The molecule has 9 atom stereocenters. The number of aromatic hydroxyl groups is 2. The molecule has 2 heterocycles. The van der Waals surface area contributed by atoms with Crippen LogP contribution in [0.25, 0.3) is 0 Å². The minimum absolute atomic E-state index is 0.0000890. The molecule has 1 aliphatic carbocycles. The first-order valence-electron chi connectivity index (χ1n) is 10.6. The predicted molar refractivity (Wildman–Crippen MR) is 110 cm³/mol. The van der Waals surface area contributed by atoms with Crippen LogP contribution < -0.4 is 0 Å². The second-order valence-electron chi connectivity index (χ2n) is 8.28. The number of ether oxygens (including phenoxy) is 4. The Bertz CT molecular complexity index is 959. The number of phenols is 2. The number of esters is 1. The highest BCUT2D eigenvalue weighted by molar-refractivity contribution is 5.90. The molecule has 0 aromatic heterocycles. The molecular weight excluding hydrogens is 456 g/mol. The van der Waals surface area contributed by atoms with Gasteiger partial charge in [-0.05, 0) is 29.8 Å². The number of benzene rings is 1. The lowest BCUT2D eigenvalue weighted by atomic mass is 9.88. The monoisotopic (exact) mass is 482 g/mol. The topological polar surface area (TPSA) is 196 Å². The summed E-state index contributed by atoms with van der Waals surface area (Å²) in [6.07, 6.45) is -5.16. The summed E-state index contributed by atoms with van der Waals surface area (Å²) in [5, 5.41) is 69.0. The van der Waals surface area contributed by atoms with E-state index >= 15 is 0 Å². The molecule has 1 saturated heterocycles. The molecular formula is C22H26O12. The van der Waals surface area contributed by atoms with E-state index in [1.165, 1.54) is 18.4 Å². The van der Waals surface area contributed by atoms with Crippen molar-refractivity contribution < 1.29 is 59.5 Å². The van der Waals surface area contributed by atoms with Gasteiger partial charge >= 0.3 is 5.97 Å². The van der Waals surface area contributed by atoms with Crippen LogP contribution in [-0.2, 0) is 18.9 Å².